The fraction of sp³-hybridized carbons (Fsp3) is 0.588. The van der Waals surface area contributed by atoms with Crippen LogP contribution in [0.25, 0.3) is 0 Å². The van der Waals surface area contributed by atoms with Crippen LogP contribution in [0.4, 0.5) is 0 Å². The minimum Gasteiger partial charge on any atom is -0.348 e. The molecule has 0 aromatic heterocycles. The van der Waals surface area contributed by atoms with E-state index in [0.717, 1.165) is 25.8 Å². The summed E-state index contributed by atoms with van der Waals surface area (Å²) in [5.41, 5.74) is 1.20. The Morgan fingerprint density at radius 1 is 1.40 bits per heavy atom. The normalized spacial score (nSPS) is 24.1. The summed E-state index contributed by atoms with van der Waals surface area (Å²) in [5, 5.41) is 6.56. The predicted octanol–water partition coefficient (Wildman–Crippen LogP) is 3.03. The largest absolute Gasteiger partial charge is 0.348 e. The summed E-state index contributed by atoms with van der Waals surface area (Å²) in [4.78, 5) is 12.4. The smallest absolute Gasteiger partial charge is 0.237 e. The van der Waals surface area contributed by atoms with E-state index in [2.05, 4.69) is 36.6 Å². The zero-order chi connectivity index (χ0) is 14.4. The monoisotopic (exact) mass is 274 g/mol. The molecule has 1 heterocycles. The van der Waals surface area contributed by atoms with Crippen molar-refractivity contribution in [2.45, 2.75) is 51.6 Å². The molecule has 2 rings (SSSR count). The molecule has 0 bridgehead atoms. The quantitative estimate of drug-likeness (QED) is 0.866. The Labute approximate surface area is 122 Å². The Kier molecular flexibility index (Phi) is 5.60. The second-order valence-corrected chi connectivity index (χ2v) is 5.90. The Morgan fingerprint density at radius 3 is 2.80 bits per heavy atom. The number of carbonyl (C=O) groups is 1. The summed E-state index contributed by atoms with van der Waals surface area (Å²) < 4.78 is 0. The van der Waals surface area contributed by atoms with E-state index >= 15 is 0 Å². The molecule has 2 N–H and O–H groups in total. The molecule has 1 aromatic carbocycles. The lowest BCUT2D eigenvalue weighted by Crippen LogP contribution is -2.49. The number of benzene rings is 1. The van der Waals surface area contributed by atoms with Gasteiger partial charge in [0.05, 0.1) is 12.1 Å². The Hall–Kier alpha value is -1.35. The van der Waals surface area contributed by atoms with Crippen LogP contribution in [0.1, 0.15) is 51.1 Å². The van der Waals surface area contributed by atoms with Gasteiger partial charge in [0, 0.05) is 0 Å². The van der Waals surface area contributed by atoms with Crippen LogP contribution in [0, 0.1) is 5.92 Å². The molecule has 3 atom stereocenters. The van der Waals surface area contributed by atoms with E-state index in [-0.39, 0.29) is 18.0 Å². The van der Waals surface area contributed by atoms with Crippen LogP contribution in [-0.2, 0) is 4.79 Å². The van der Waals surface area contributed by atoms with E-state index in [4.69, 9.17) is 0 Å². The van der Waals surface area contributed by atoms with Crippen molar-refractivity contribution in [1.29, 1.82) is 0 Å². The number of hydrogen-bond donors (Lipinski definition) is 2. The lowest BCUT2D eigenvalue weighted by Gasteiger charge is -2.29. The number of carbonyl (C=O) groups excluding carboxylic acids is 1. The number of piperidine rings is 1. The lowest BCUT2D eigenvalue weighted by molar-refractivity contribution is -0.124. The van der Waals surface area contributed by atoms with Gasteiger partial charge in [0.25, 0.3) is 0 Å². The maximum absolute atomic E-state index is 12.4. The lowest BCUT2D eigenvalue weighted by atomic mass is 9.93. The van der Waals surface area contributed by atoms with Crippen LogP contribution in [0.15, 0.2) is 30.3 Å². The van der Waals surface area contributed by atoms with Gasteiger partial charge in [-0.2, -0.15) is 0 Å². The third kappa shape index (κ3) is 4.07. The molecular weight excluding hydrogens is 248 g/mol. The maximum Gasteiger partial charge on any atom is 0.237 e. The summed E-state index contributed by atoms with van der Waals surface area (Å²) >= 11 is 0. The van der Waals surface area contributed by atoms with E-state index < -0.39 is 0 Å². The van der Waals surface area contributed by atoms with Crippen LogP contribution in [0.3, 0.4) is 0 Å². The van der Waals surface area contributed by atoms with Crippen LogP contribution in [0.2, 0.25) is 0 Å². The third-order valence-electron chi connectivity index (χ3n) is 4.08. The standard InChI is InChI=1S/C17H26N2O/c1-3-7-15(14-8-5-4-6-9-14)19-17(20)16-12-13(2)10-11-18-16/h4-6,8-9,13,15-16,18H,3,7,10-12H2,1-2H3,(H,19,20). The van der Waals surface area contributed by atoms with E-state index in [1.807, 2.05) is 18.2 Å². The fourth-order valence-corrected chi connectivity index (χ4v) is 2.88. The molecule has 20 heavy (non-hydrogen) atoms. The molecule has 1 amide bonds. The van der Waals surface area contributed by atoms with Gasteiger partial charge in [0.15, 0.2) is 0 Å². The molecule has 1 aliphatic rings. The molecule has 1 aliphatic heterocycles. The summed E-state index contributed by atoms with van der Waals surface area (Å²) in [5.74, 6) is 0.784. The van der Waals surface area contributed by atoms with Gasteiger partial charge in [-0.15, -0.1) is 0 Å². The Morgan fingerprint density at radius 2 is 2.15 bits per heavy atom. The Balaban J connectivity index is 1.99. The molecule has 3 unspecified atom stereocenters. The topological polar surface area (TPSA) is 41.1 Å². The zero-order valence-electron chi connectivity index (χ0n) is 12.6. The van der Waals surface area contributed by atoms with Crippen molar-refractivity contribution >= 4 is 5.91 Å². The van der Waals surface area contributed by atoms with Gasteiger partial charge in [0.2, 0.25) is 5.91 Å². The average molecular weight is 274 g/mol. The molecule has 110 valence electrons. The first-order valence-electron chi connectivity index (χ1n) is 7.79. The highest BCUT2D eigenvalue weighted by molar-refractivity contribution is 5.82. The number of rotatable bonds is 5. The second kappa shape index (κ2) is 7.44. The van der Waals surface area contributed by atoms with Gasteiger partial charge in [-0.05, 0) is 37.3 Å². The zero-order valence-corrected chi connectivity index (χ0v) is 12.6. The summed E-state index contributed by atoms with van der Waals surface area (Å²) in [6, 6.07) is 10.4. The van der Waals surface area contributed by atoms with Crippen molar-refractivity contribution in [3.05, 3.63) is 35.9 Å². The summed E-state index contributed by atoms with van der Waals surface area (Å²) in [6.07, 6.45) is 4.16. The minimum absolute atomic E-state index is 0.0261. The van der Waals surface area contributed by atoms with Crippen molar-refractivity contribution in [3.63, 3.8) is 0 Å². The van der Waals surface area contributed by atoms with Gasteiger partial charge in [-0.3, -0.25) is 4.79 Å². The number of amides is 1. The van der Waals surface area contributed by atoms with Crippen molar-refractivity contribution in [3.8, 4) is 0 Å². The molecule has 1 aromatic rings. The molecule has 3 heteroatoms. The van der Waals surface area contributed by atoms with Crippen molar-refractivity contribution < 1.29 is 4.79 Å². The molecule has 0 spiro atoms. The highest BCUT2D eigenvalue weighted by atomic mass is 16.2. The van der Waals surface area contributed by atoms with Crippen molar-refractivity contribution in [2.24, 2.45) is 5.92 Å². The minimum atomic E-state index is -0.0261. The molecule has 1 saturated heterocycles. The first kappa shape index (κ1) is 15.0. The number of hydrogen-bond acceptors (Lipinski definition) is 2. The molecule has 0 radical (unpaired) electrons. The van der Waals surface area contributed by atoms with E-state index in [1.54, 1.807) is 0 Å². The first-order valence-corrected chi connectivity index (χ1v) is 7.79. The predicted molar refractivity (Wildman–Crippen MR) is 82.4 cm³/mol. The SMILES string of the molecule is CCCC(NC(=O)C1CC(C)CCN1)c1ccccc1. The average Bonchev–Trinajstić information content (AvgIpc) is 2.47. The molecule has 3 nitrogen and oxygen atoms in total. The molecule has 1 fully saturated rings. The van der Waals surface area contributed by atoms with Gasteiger partial charge in [0.1, 0.15) is 0 Å². The van der Waals surface area contributed by atoms with E-state index in [9.17, 15) is 4.79 Å². The van der Waals surface area contributed by atoms with E-state index in [1.165, 1.54) is 12.0 Å². The van der Waals surface area contributed by atoms with Crippen LogP contribution in [0.5, 0.6) is 0 Å². The molecule has 0 saturated carbocycles. The van der Waals surface area contributed by atoms with Crippen molar-refractivity contribution in [2.75, 3.05) is 6.54 Å². The van der Waals surface area contributed by atoms with Crippen LogP contribution >= 0.6 is 0 Å². The van der Waals surface area contributed by atoms with Gasteiger partial charge in [-0.1, -0.05) is 50.6 Å². The Bertz CT molecular complexity index is 418. The van der Waals surface area contributed by atoms with Gasteiger partial charge >= 0.3 is 0 Å². The van der Waals surface area contributed by atoms with Crippen LogP contribution < -0.4 is 10.6 Å². The first-order chi connectivity index (χ1) is 9.70. The van der Waals surface area contributed by atoms with Gasteiger partial charge < -0.3 is 10.6 Å². The highest BCUT2D eigenvalue weighted by Crippen LogP contribution is 2.20. The van der Waals surface area contributed by atoms with Crippen LogP contribution in [-0.4, -0.2) is 18.5 Å². The van der Waals surface area contributed by atoms with Gasteiger partial charge in [-0.25, -0.2) is 0 Å². The second-order valence-electron chi connectivity index (χ2n) is 5.90. The summed E-state index contributed by atoms with van der Waals surface area (Å²) in [7, 11) is 0. The molecular formula is C17H26N2O. The maximum atomic E-state index is 12.4. The highest BCUT2D eigenvalue weighted by Gasteiger charge is 2.26. The van der Waals surface area contributed by atoms with Crippen molar-refractivity contribution in [1.82, 2.24) is 10.6 Å². The fourth-order valence-electron chi connectivity index (χ4n) is 2.88. The van der Waals surface area contributed by atoms with E-state index in [0.29, 0.717) is 5.92 Å². The summed E-state index contributed by atoms with van der Waals surface area (Å²) in [6.45, 7) is 5.33. The molecule has 0 aliphatic carbocycles. The third-order valence-corrected chi connectivity index (χ3v) is 4.08. The number of nitrogens with one attached hydrogen (secondary N) is 2.